The monoisotopic (exact) mass is 331 g/mol. The second-order valence-corrected chi connectivity index (χ2v) is 5.25. The number of nitrogens with zero attached hydrogens (tertiary/aromatic N) is 3. The van der Waals surface area contributed by atoms with Crippen molar-refractivity contribution >= 4 is 23.5 Å². The number of carbonyl (C=O) groups excluding carboxylic acids is 2. The Morgan fingerprint density at radius 2 is 2.17 bits per heavy atom. The number of anilines is 2. The van der Waals surface area contributed by atoms with Crippen LogP contribution in [-0.4, -0.2) is 40.8 Å². The molecule has 1 aromatic carbocycles. The highest BCUT2D eigenvalue weighted by Gasteiger charge is 2.33. The van der Waals surface area contributed by atoms with Gasteiger partial charge in [-0.15, -0.1) is 0 Å². The van der Waals surface area contributed by atoms with Crippen LogP contribution in [0.2, 0.25) is 0 Å². The second-order valence-electron chi connectivity index (χ2n) is 5.25. The van der Waals surface area contributed by atoms with Gasteiger partial charge in [-0.3, -0.25) is 14.9 Å². The highest BCUT2D eigenvalue weighted by molar-refractivity contribution is 6.01. The summed E-state index contributed by atoms with van der Waals surface area (Å²) in [6, 6.07) is 4.26. The number of rotatable bonds is 4. The average molecular weight is 331 g/mol. The van der Waals surface area contributed by atoms with Crippen molar-refractivity contribution < 1.29 is 19.1 Å². The number of amides is 2. The third-order valence-corrected chi connectivity index (χ3v) is 3.63. The van der Waals surface area contributed by atoms with Crippen molar-refractivity contribution in [2.45, 2.75) is 19.4 Å². The highest BCUT2D eigenvalue weighted by Crippen LogP contribution is 2.31. The van der Waals surface area contributed by atoms with E-state index in [0.29, 0.717) is 23.0 Å². The van der Waals surface area contributed by atoms with Gasteiger partial charge in [0.05, 0.1) is 26.3 Å². The fourth-order valence-electron chi connectivity index (χ4n) is 2.49. The van der Waals surface area contributed by atoms with Crippen LogP contribution in [0.25, 0.3) is 0 Å². The number of benzene rings is 1. The maximum absolute atomic E-state index is 12.6. The van der Waals surface area contributed by atoms with E-state index in [1.54, 1.807) is 32.2 Å². The molecule has 126 valence electrons. The Morgan fingerprint density at radius 1 is 1.38 bits per heavy atom. The summed E-state index contributed by atoms with van der Waals surface area (Å²) < 4.78 is 11.8. The lowest BCUT2D eigenvalue weighted by Crippen LogP contribution is -2.36. The predicted octanol–water partition coefficient (Wildman–Crippen LogP) is 1.13. The minimum absolute atomic E-state index is 0.0138. The molecule has 0 aliphatic carbocycles. The summed E-state index contributed by atoms with van der Waals surface area (Å²) in [6.07, 6.45) is -0.0138. The number of hydrogen-bond acceptors (Lipinski definition) is 6. The van der Waals surface area contributed by atoms with E-state index >= 15 is 0 Å². The molecule has 0 spiro atoms. The Kier molecular flexibility index (Phi) is 4.07. The number of nitrogens with one attached hydrogen (secondary N) is 2. The molecule has 0 saturated carbocycles. The first-order valence-corrected chi connectivity index (χ1v) is 7.27. The van der Waals surface area contributed by atoms with Gasteiger partial charge in [0.2, 0.25) is 17.8 Å². The molecular weight excluding hydrogens is 314 g/mol. The predicted molar refractivity (Wildman–Crippen MR) is 85.2 cm³/mol. The lowest BCUT2D eigenvalue weighted by molar-refractivity contribution is -0.125. The van der Waals surface area contributed by atoms with Crippen LogP contribution in [-0.2, 0) is 9.59 Å². The lowest BCUT2D eigenvalue weighted by Gasteiger charge is -2.23. The van der Waals surface area contributed by atoms with Crippen LogP contribution >= 0.6 is 0 Å². The molecule has 0 unspecified atom stereocenters. The van der Waals surface area contributed by atoms with E-state index in [4.69, 9.17) is 9.47 Å². The number of ether oxygens (including phenoxy) is 2. The fraction of sp³-hybridized carbons (Fsp3) is 0.333. The average Bonchev–Trinajstić information content (AvgIpc) is 2.94. The minimum Gasteiger partial charge on any atom is -0.497 e. The van der Waals surface area contributed by atoms with E-state index in [1.807, 2.05) is 0 Å². The van der Waals surface area contributed by atoms with Gasteiger partial charge in [0.25, 0.3) is 0 Å². The smallest absolute Gasteiger partial charge is 0.250 e. The summed E-state index contributed by atoms with van der Waals surface area (Å²) in [6.45, 7) is 1.69. The van der Waals surface area contributed by atoms with Crippen LogP contribution in [0.3, 0.4) is 0 Å². The molecule has 2 amide bonds. The maximum atomic E-state index is 12.6. The quantitative estimate of drug-likeness (QED) is 0.869. The molecule has 1 aliphatic heterocycles. The first kappa shape index (κ1) is 15.8. The Labute approximate surface area is 138 Å². The number of aromatic nitrogens is 3. The van der Waals surface area contributed by atoms with Crippen molar-refractivity contribution in [1.82, 2.24) is 14.8 Å². The largest absolute Gasteiger partial charge is 0.497 e. The van der Waals surface area contributed by atoms with Crippen molar-refractivity contribution in [1.29, 1.82) is 0 Å². The van der Waals surface area contributed by atoms with E-state index in [-0.39, 0.29) is 24.2 Å². The van der Waals surface area contributed by atoms with E-state index in [0.717, 1.165) is 0 Å². The van der Waals surface area contributed by atoms with Crippen molar-refractivity contribution in [2.75, 3.05) is 24.9 Å². The van der Waals surface area contributed by atoms with Gasteiger partial charge in [0.1, 0.15) is 23.4 Å². The molecule has 2 aromatic rings. The second kappa shape index (κ2) is 6.19. The lowest BCUT2D eigenvalue weighted by atomic mass is 10.1. The maximum Gasteiger partial charge on any atom is 0.250 e. The van der Waals surface area contributed by atoms with Crippen LogP contribution in [0.5, 0.6) is 11.5 Å². The van der Waals surface area contributed by atoms with E-state index in [9.17, 15) is 9.59 Å². The first-order valence-electron chi connectivity index (χ1n) is 7.27. The summed E-state index contributed by atoms with van der Waals surface area (Å²) >= 11 is 0. The SMILES string of the molecule is COc1ccc(NC(=O)[C@@H]2CC(=O)Nc3nc(C)nn32)c(OC)c1. The zero-order chi connectivity index (χ0) is 17.3. The van der Waals surface area contributed by atoms with Gasteiger partial charge in [-0.2, -0.15) is 10.1 Å². The topological polar surface area (TPSA) is 107 Å². The van der Waals surface area contributed by atoms with Gasteiger partial charge in [0.15, 0.2) is 0 Å². The zero-order valence-electron chi connectivity index (χ0n) is 13.5. The standard InChI is InChI=1S/C15H17N5O4/c1-8-16-15-18-13(21)7-11(20(15)19-8)14(22)17-10-5-4-9(23-2)6-12(10)24-3/h4-6,11H,7H2,1-3H3,(H,17,22)(H,16,18,19,21)/t11-/m0/s1. The third-order valence-electron chi connectivity index (χ3n) is 3.63. The molecule has 0 radical (unpaired) electrons. The molecule has 9 heteroatoms. The molecular formula is C15H17N5O4. The van der Waals surface area contributed by atoms with Gasteiger partial charge in [-0.05, 0) is 19.1 Å². The number of aryl methyl sites for hydroxylation is 1. The molecule has 1 aromatic heterocycles. The van der Waals surface area contributed by atoms with Crippen LogP contribution in [0, 0.1) is 6.92 Å². The molecule has 2 N–H and O–H groups in total. The Morgan fingerprint density at radius 3 is 2.88 bits per heavy atom. The van der Waals surface area contributed by atoms with E-state index in [1.165, 1.54) is 11.8 Å². The van der Waals surface area contributed by atoms with Crippen LogP contribution in [0.15, 0.2) is 18.2 Å². The first-order chi connectivity index (χ1) is 11.5. The van der Waals surface area contributed by atoms with Crippen LogP contribution < -0.4 is 20.1 Å². The number of methoxy groups -OCH3 is 2. The molecule has 0 fully saturated rings. The Balaban J connectivity index is 1.86. The van der Waals surface area contributed by atoms with Gasteiger partial charge in [-0.25, -0.2) is 4.68 Å². The third kappa shape index (κ3) is 2.87. The van der Waals surface area contributed by atoms with Crippen molar-refractivity contribution in [3.63, 3.8) is 0 Å². The summed E-state index contributed by atoms with van der Waals surface area (Å²) in [4.78, 5) is 28.5. The van der Waals surface area contributed by atoms with E-state index in [2.05, 4.69) is 20.7 Å². The number of hydrogen-bond donors (Lipinski definition) is 2. The van der Waals surface area contributed by atoms with Crippen LogP contribution in [0.1, 0.15) is 18.3 Å². The van der Waals surface area contributed by atoms with Gasteiger partial charge < -0.3 is 14.8 Å². The number of fused-ring (bicyclic) bond motifs is 1. The zero-order valence-corrected chi connectivity index (χ0v) is 13.5. The van der Waals surface area contributed by atoms with Gasteiger partial charge in [-0.1, -0.05) is 0 Å². The Hall–Kier alpha value is -3.10. The normalized spacial score (nSPS) is 16.1. The van der Waals surface area contributed by atoms with Crippen LogP contribution in [0.4, 0.5) is 11.6 Å². The van der Waals surface area contributed by atoms with Crippen molar-refractivity contribution in [3.8, 4) is 11.5 Å². The van der Waals surface area contributed by atoms with Gasteiger partial charge >= 0.3 is 0 Å². The van der Waals surface area contributed by atoms with Crippen molar-refractivity contribution in [3.05, 3.63) is 24.0 Å². The molecule has 2 heterocycles. The summed E-state index contributed by atoms with van der Waals surface area (Å²) in [5, 5.41) is 9.54. The van der Waals surface area contributed by atoms with E-state index < -0.39 is 6.04 Å². The molecule has 9 nitrogen and oxygen atoms in total. The summed E-state index contributed by atoms with van der Waals surface area (Å²) in [7, 11) is 3.04. The molecule has 1 atom stereocenters. The van der Waals surface area contributed by atoms with Gasteiger partial charge in [0, 0.05) is 6.07 Å². The highest BCUT2D eigenvalue weighted by atomic mass is 16.5. The summed E-state index contributed by atoms with van der Waals surface area (Å²) in [5.41, 5.74) is 0.479. The Bertz CT molecular complexity index is 801. The molecule has 0 saturated heterocycles. The minimum atomic E-state index is -0.776. The summed E-state index contributed by atoms with van der Waals surface area (Å²) in [5.74, 6) is 1.16. The number of carbonyl (C=O) groups is 2. The van der Waals surface area contributed by atoms with Crippen molar-refractivity contribution in [2.24, 2.45) is 0 Å². The molecule has 3 rings (SSSR count). The molecule has 0 bridgehead atoms. The molecule has 1 aliphatic rings. The molecule has 24 heavy (non-hydrogen) atoms. The fourth-order valence-corrected chi connectivity index (χ4v) is 2.49.